The molecule has 0 saturated heterocycles. The molecule has 2 unspecified atom stereocenters. The smallest absolute Gasteiger partial charge is 0.408 e. The van der Waals surface area contributed by atoms with Gasteiger partial charge in [0.2, 0.25) is 17.7 Å². The Kier molecular flexibility index (Phi) is 13.2. The summed E-state index contributed by atoms with van der Waals surface area (Å²) in [6, 6.07) is 32.3. The van der Waals surface area contributed by atoms with Crippen molar-refractivity contribution in [3.05, 3.63) is 131 Å². The highest BCUT2D eigenvalue weighted by atomic mass is 16.6. The van der Waals surface area contributed by atoms with E-state index < -0.39 is 40.6 Å². The van der Waals surface area contributed by atoms with E-state index in [2.05, 4.69) is 16.0 Å². The van der Waals surface area contributed by atoms with E-state index in [-0.39, 0.29) is 12.3 Å². The first-order valence-corrected chi connectivity index (χ1v) is 18.1. The van der Waals surface area contributed by atoms with E-state index in [9.17, 15) is 19.2 Å². The molecule has 0 aromatic heterocycles. The molecular weight excluding hydrogens is 665 g/mol. The first-order chi connectivity index (χ1) is 25.0. The molecule has 0 heterocycles. The predicted molar refractivity (Wildman–Crippen MR) is 211 cm³/mol. The number of amides is 4. The van der Waals surface area contributed by atoms with Gasteiger partial charge in [-0.1, -0.05) is 109 Å². The van der Waals surface area contributed by atoms with Crippen molar-refractivity contribution < 1.29 is 23.9 Å². The van der Waals surface area contributed by atoms with Crippen LogP contribution in [0.15, 0.2) is 115 Å². The topological polar surface area (TPSA) is 117 Å². The van der Waals surface area contributed by atoms with Gasteiger partial charge >= 0.3 is 6.09 Å². The third kappa shape index (κ3) is 11.8. The van der Waals surface area contributed by atoms with E-state index in [1.54, 1.807) is 41.8 Å². The molecule has 3 N–H and O–H groups in total. The van der Waals surface area contributed by atoms with E-state index in [4.69, 9.17) is 4.74 Å². The lowest BCUT2D eigenvalue weighted by Crippen LogP contribution is -2.62. The van der Waals surface area contributed by atoms with Gasteiger partial charge in [0, 0.05) is 44.5 Å². The lowest BCUT2D eigenvalue weighted by molar-refractivity contribution is -0.145. The number of hydrogen-bond acceptors (Lipinski definition) is 5. The van der Waals surface area contributed by atoms with Crippen LogP contribution in [0.5, 0.6) is 0 Å². The fourth-order valence-corrected chi connectivity index (χ4v) is 6.27. The summed E-state index contributed by atoms with van der Waals surface area (Å²) in [4.78, 5) is 56.8. The van der Waals surface area contributed by atoms with E-state index in [0.717, 1.165) is 27.5 Å². The van der Waals surface area contributed by atoms with Crippen molar-refractivity contribution in [2.45, 2.75) is 89.9 Å². The van der Waals surface area contributed by atoms with Crippen LogP contribution in [0.2, 0.25) is 0 Å². The number of likely N-dealkylation sites (N-methyl/N-ethyl adjacent to an activating group) is 2. The second-order valence-electron chi connectivity index (χ2n) is 15.5. The van der Waals surface area contributed by atoms with Crippen LogP contribution >= 0.6 is 0 Å². The van der Waals surface area contributed by atoms with Crippen LogP contribution < -0.4 is 16.0 Å². The minimum Gasteiger partial charge on any atom is -0.444 e. The molecule has 0 spiro atoms. The number of nitrogens with zero attached hydrogens (tertiary/aromatic N) is 1. The van der Waals surface area contributed by atoms with E-state index in [1.165, 1.54) is 4.90 Å². The zero-order valence-corrected chi connectivity index (χ0v) is 32.3. The van der Waals surface area contributed by atoms with Crippen molar-refractivity contribution in [1.29, 1.82) is 0 Å². The third-order valence-electron chi connectivity index (χ3n) is 9.07. The fourth-order valence-electron chi connectivity index (χ4n) is 6.27. The molecule has 0 bridgehead atoms. The number of rotatable bonds is 14. The fraction of sp³-hybridized carbons (Fsp3) is 0.364. The number of alkyl carbamates (subject to hydrolysis) is 1. The summed E-state index contributed by atoms with van der Waals surface area (Å²) in [6.07, 6.45) is 2.33. The average Bonchev–Trinajstić information content (AvgIpc) is 3.11. The highest BCUT2D eigenvalue weighted by Crippen LogP contribution is 2.24. The number of carbonyl (C=O) groups is 4. The van der Waals surface area contributed by atoms with Crippen LogP contribution in [-0.2, 0) is 38.4 Å². The molecule has 0 aliphatic carbocycles. The van der Waals surface area contributed by atoms with E-state index >= 15 is 0 Å². The lowest BCUT2D eigenvalue weighted by Gasteiger charge is -2.37. The maximum Gasteiger partial charge on any atom is 0.408 e. The van der Waals surface area contributed by atoms with Crippen LogP contribution in [0, 0.1) is 0 Å². The Hall–Kier alpha value is -5.44. The van der Waals surface area contributed by atoms with Crippen LogP contribution in [0.4, 0.5) is 4.79 Å². The van der Waals surface area contributed by atoms with Gasteiger partial charge < -0.3 is 25.6 Å². The Morgan fingerprint density at radius 3 is 1.92 bits per heavy atom. The number of ether oxygens (including phenoxy) is 1. The van der Waals surface area contributed by atoms with Crippen molar-refractivity contribution in [2.24, 2.45) is 0 Å². The number of fused-ring (bicyclic) bond motifs is 1. The molecule has 2 atom stereocenters. The van der Waals surface area contributed by atoms with E-state index in [0.29, 0.717) is 24.8 Å². The monoisotopic (exact) mass is 718 g/mol. The third-order valence-corrected chi connectivity index (χ3v) is 9.07. The van der Waals surface area contributed by atoms with Crippen LogP contribution in [-0.4, -0.2) is 65.5 Å². The van der Waals surface area contributed by atoms with Crippen molar-refractivity contribution in [3.63, 3.8) is 0 Å². The Labute approximate surface area is 314 Å². The molecule has 0 fully saturated rings. The summed E-state index contributed by atoms with van der Waals surface area (Å²) < 4.78 is 5.48. The summed E-state index contributed by atoms with van der Waals surface area (Å²) >= 11 is 0. The maximum absolute atomic E-state index is 14.8. The second-order valence-corrected chi connectivity index (χ2v) is 15.5. The van der Waals surface area contributed by atoms with Gasteiger partial charge in [-0.05, 0) is 75.4 Å². The minimum absolute atomic E-state index is 0.170. The summed E-state index contributed by atoms with van der Waals surface area (Å²) in [5.74, 6) is -1.14. The normalized spacial score (nSPS) is 13.7. The van der Waals surface area contributed by atoms with Gasteiger partial charge in [-0.3, -0.25) is 14.4 Å². The standard InChI is InChI=1S/C44H54N4O5/c1-42(2,3)53-41(52)47-43(4,5)26-25-36(27-31-17-11-9-12-18-31)38(49)46-44(6,30-33-23-24-34-21-15-16-22-35(34)28-33)40(51)48(8)37(39(50)45-7)29-32-19-13-10-14-20-32/h9-25,28,37H,26-27,29-30H2,1-8H3,(H,45,50)(H,46,49)(H,47,52). The molecule has 4 aromatic carbocycles. The zero-order valence-electron chi connectivity index (χ0n) is 32.3. The number of nitrogens with one attached hydrogen (secondary N) is 3. The molecule has 280 valence electrons. The Balaban J connectivity index is 1.72. The second kappa shape index (κ2) is 17.4. The Morgan fingerprint density at radius 2 is 1.32 bits per heavy atom. The van der Waals surface area contributed by atoms with Crippen molar-refractivity contribution >= 4 is 34.6 Å². The number of carbonyl (C=O) groups excluding carboxylic acids is 4. The SMILES string of the molecule is CNC(=O)C(Cc1ccccc1)N(C)C(=O)C(C)(Cc1ccc2ccccc2c1)NC(=O)C(=CCC(C)(C)NC(=O)OC(C)(C)C)Cc1ccccc1. The van der Waals surface area contributed by atoms with Gasteiger partial charge in [0.05, 0.1) is 0 Å². The van der Waals surface area contributed by atoms with Gasteiger partial charge in [-0.2, -0.15) is 0 Å². The summed E-state index contributed by atoms with van der Waals surface area (Å²) in [7, 11) is 3.16. The summed E-state index contributed by atoms with van der Waals surface area (Å²) in [6.45, 7) is 10.8. The molecule has 4 rings (SSSR count). The van der Waals surface area contributed by atoms with E-state index in [1.807, 2.05) is 123 Å². The highest BCUT2D eigenvalue weighted by molar-refractivity contribution is 6.00. The van der Waals surface area contributed by atoms with Crippen LogP contribution in [0.3, 0.4) is 0 Å². The predicted octanol–water partition coefficient (Wildman–Crippen LogP) is 6.94. The molecule has 0 aliphatic rings. The van der Waals surface area contributed by atoms with Gasteiger partial charge in [0.15, 0.2) is 0 Å². The lowest BCUT2D eigenvalue weighted by atomic mass is 9.88. The number of hydrogen-bond donors (Lipinski definition) is 3. The van der Waals surface area contributed by atoms with Gasteiger partial charge in [-0.25, -0.2) is 4.79 Å². The van der Waals surface area contributed by atoms with Crippen molar-refractivity contribution in [1.82, 2.24) is 20.9 Å². The van der Waals surface area contributed by atoms with Crippen molar-refractivity contribution in [2.75, 3.05) is 14.1 Å². The molecule has 9 heteroatoms. The van der Waals surface area contributed by atoms with Gasteiger partial charge in [-0.15, -0.1) is 0 Å². The molecule has 4 amide bonds. The first-order valence-electron chi connectivity index (χ1n) is 18.1. The molecule has 0 radical (unpaired) electrons. The molecule has 9 nitrogen and oxygen atoms in total. The Bertz CT molecular complexity index is 1920. The molecular formula is C44H54N4O5. The van der Waals surface area contributed by atoms with Gasteiger partial charge in [0.1, 0.15) is 17.2 Å². The van der Waals surface area contributed by atoms with Gasteiger partial charge in [0.25, 0.3) is 0 Å². The van der Waals surface area contributed by atoms with Crippen LogP contribution in [0.25, 0.3) is 10.8 Å². The summed E-state index contributed by atoms with van der Waals surface area (Å²) in [5.41, 5.74) is 0.212. The minimum atomic E-state index is -1.46. The van der Waals surface area contributed by atoms with Crippen molar-refractivity contribution in [3.8, 4) is 0 Å². The molecule has 53 heavy (non-hydrogen) atoms. The molecule has 4 aromatic rings. The Morgan fingerprint density at radius 1 is 0.736 bits per heavy atom. The first kappa shape index (κ1) is 40.3. The maximum atomic E-state index is 14.8. The quantitative estimate of drug-likeness (QED) is 0.122. The van der Waals surface area contributed by atoms with Crippen LogP contribution in [0.1, 0.15) is 64.7 Å². The summed E-state index contributed by atoms with van der Waals surface area (Å²) in [5, 5.41) is 10.8. The largest absolute Gasteiger partial charge is 0.444 e. The highest BCUT2D eigenvalue weighted by Gasteiger charge is 2.41. The molecule has 0 saturated carbocycles. The zero-order chi connectivity index (χ0) is 38.8. The molecule has 0 aliphatic heterocycles. The number of benzene rings is 4. The average molecular weight is 719 g/mol.